The Morgan fingerprint density at radius 3 is 2.50 bits per heavy atom. The van der Waals surface area contributed by atoms with Crippen molar-refractivity contribution in [1.29, 1.82) is 0 Å². The molecule has 0 saturated heterocycles. The summed E-state index contributed by atoms with van der Waals surface area (Å²) in [5.41, 5.74) is 0.898. The van der Waals surface area contributed by atoms with Gasteiger partial charge in [0.05, 0.1) is 5.69 Å². The topological polar surface area (TPSA) is 53.4 Å². The fourth-order valence-electron chi connectivity index (χ4n) is 1.99. The van der Waals surface area contributed by atoms with Crippen molar-refractivity contribution in [3.8, 4) is 0 Å². The van der Waals surface area contributed by atoms with Crippen LogP contribution in [0.3, 0.4) is 0 Å². The third-order valence-corrected chi connectivity index (χ3v) is 3.20. The van der Waals surface area contributed by atoms with Gasteiger partial charge in [0.1, 0.15) is 6.04 Å². The summed E-state index contributed by atoms with van der Waals surface area (Å²) < 4.78 is 0. The normalized spacial score (nSPS) is 14.8. The van der Waals surface area contributed by atoms with Crippen LogP contribution in [-0.2, 0) is 4.79 Å². The van der Waals surface area contributed by atoms with E-state index in [1.807, 2.05) is 50.9 Å². The minimum absolute atomic E-state index is 0.00829. The van der Waals surface area contributed by atoms with Gasteiger partial charge in [-0.15, -0.1) is 0 Å². The Bertz CT molecular complexity index is 379. The molecule has 0 saturated carbocycles. The van der Waals surface area contributed by atoms with E-state index in [9.17, 15) is 9.90 Å². The van der Waals surface area contributed by atoms with Crippen LogP contribution < -0.4 is 0 Å². The predicted molar refractivity (Wildman–Crippen MR) is 71.3 cm³/mol. The van der Waals surface area contributed by atoms with E-state index in [0.29, 0.717) is 12.3 Å². The lowest BCUT2D eigenvalue weighted by Crippen LogP contribution is -2.41. The molecule has 4 nitrogen and oxygen atoms in total. The highest BCUT2D eigenvalue weighted by Gasteiger charge is 2.27. The Morgan fingerprint density at radius 2 is 2.06 bits per heavy atom. The number of carboxylic acids is 1. The molecule has 0 spiro atoms. The second-order valence-corrected chi connectivity index (χ2v) is 5.08. The number of rotatable bonds is 6. The summed E-state index contributed by atoms with van der Waals surface area (Å²) in [7, 11) is 1.85. The first-order valence-electron chi connectivity index (χ1n) is 6.29. The van der Waals surface area contributed by atoms with Crippen LogP contribution in [-0.4, -0.2) is 34.0 Å². The lowest BCUT2D eigenvalue weighted by molar-refractivity contribution is -0.144. The van der Waals surface area contributed by atoms with Crippen LogP contribution in [0.25, 0.3) is 0 Å². The van der Waals surface area contributed by atoms with Crippen molar-refractivity contribution in [3.63, 3.8) is 0 Å². The minimum atomic E-state index is -0.769. The summed E-state index contributed by atoms with van der Waals surface area (Å²) >= 11 is 0. The first kappa shape index (κ1) is 14.6. The van der Waals surface area contributed by atoms with Crippen LogP contribution in [0.5, 0.6) is 0 Å². The molecule has 18 heavy (non-hydrogen) atoms. The summed E-state index contributed by atoms with van der Waals surface area (Å²) in [5.74, 6) is -0.418. The van der Waals surface area contributed by atoms with Gasteiger partial charge in [-0.3, -0.25) is 14.7 Å². The number of hydrogen-bond donors (Lipinski definition) is 1. The quantitative estimate of drug-likeness (QED) is 0.843. The van der Waals surface area contributed by atoms with E-state index in [1.54, 1.807) is 6.20 Å². The number of pyridine rings is 1. The van der Waals surface area contributed by atoms with Gasteiger partial charge in [0.15, 0.2) is 0 Å². The standard InChI is InChI=1S/C14H22N2O2/c1-10(2)9-13(14(17)18)16(4)11(3)12-7-5-6-8-15-12/h5-8,10-11,13H,9H2,1-4H3,(H,17,18). The van der Waals surface area contributed by atoms with Crippen LogP contribution in [0.15, 0.2) is 24.4 Å². The largest absolute Gasteiger partial charge is 0.480 e. The first-order chi connectivity index (χ1) is 8.43. The molecule has 1 rings (SSSR count). The number of aliphatic carboxylic acids is 1. The molecule has 1 heterocycles. The number of carbonyl (C=O) groups is 1. The van der Waals surface area contributed by atoms with Crippen molar-refractivity contribution < 1.29 is 9.90 Å². The molecule has 0 amide bonds. The number of nitrogens with zero attached hydrogens (tertiary/aromatic N) is 2. The molecule has 0 fully saturated rings. The van der Waals surface area contributed by atoms with E-state index in [1.165, 1.54) is 0 Å². The first-order valence-corrected chi connectivity index (χ1v) is 6.29. The fourth-order valence-corrected chi connectivity index (χ4v) is 1.99. The molecule has 0 aliphatic heterocycles. The maximum Gasteiger partial charge on any atom is 0.320 e. The molecule has 0 radical (unpaired) electrons. The van der Waals surface area contributed by atoms with Crippen molar-refractivity contribution in [2.24, 2.45) is 5.92 Å². The maximum atomic E-state index is 11.4. The van der Waals surface area contributed by atoms with Gasteiger partial charge >= 0.3 is 5.97 Å². The highest BCUT2D eigenvalue weighted by Crippen LogP contribution is 2.22. The van der Waals surface area contributed by atoms with Crippen molar-refractivity contribution in [2.45, 2.75) is 39.3 Å². The summed E-state index contributed by atoms with van der Waals surface area (Å²) in [4.78, 5) is 17.5. The Hall–Kier alpha value is -1.42. The third kappa shape index (κ3) is 3.81. The van der Waals surface area contributed by atoms with Gasteiger partial charge in [0, 0.05) is 12.2 Å². The Kier molecular flexibility index (Phi) is 5.28. The highest BCUT2D eigenvalue weighted by atomic mass is 16.4. The van der Waals surface area contributed by atoms with Crippen LogP contribution in [0.2, 0.25) is 0 Å². The van der Waals surface area contributed by atoms with Crippen LogP contribution in [0, 0.1) is 5.92 Å². The van der Waals surface area contributed by atoms with Crippen molar-refractivity contribution >= 4 is 5.97 Å². The van der Waals surface area contributed by atoms with Crippen molar-refractivity contribution in [2.75, 3.05) is 7.05 Å². The van der Waals surface area contributed by atoms with Gasteiger partial charge in [-0.25, -0.2) is 0 Å². The Morgan fingerprint density at radius 1 is 1.39 bits per heavy atom. The van der Waals surface area contributed by atoms with Gasteiger partial charge in [0.2, 0.25) is 0 Å². The fraction of sp³-hybridized carbons (Fsp3) is 0.571. The predicted octanol–water partition coefficient (Wildman–Crippen LogP) is 2.57. The molecule has 1 aromatic rings. The SMILES string of the molecule is CC(C)CC(C(=O)O)N(C)C(C)c1ccccn1. The minimum Gasteiger partial charge on any atom is -0.480 e. The summed E-state index contributed by atoms with van der Waals surface area (Å²) in [5, 5.41) is 9.33. The molecule has 100 valence electrons. The molecular weight excluding hydrogens is 228 g/mol. The van der Waals surface area contributed by atoms with Crippen LogP contribution in [0.4, 0.5) is 0 Å². The van der Waals surface area contributed by atoms with E-state index >= 15 is 0 Å². The number of likely N-dealkylation sites (N-methyl/N-ethyl adjacent to an activating group) is 1. The molecule has 1 aromatic heterocycles. The molecule has 2 atom stereocenters. The summed E-state index contributed by atoms with van der Waals surface area (Å²) in [6, 6.07) is 5.23. The third-order valence-electron chi connectivity index (χ3n) is 3.20. The van der Waals surface area contributed by atoms with E-state index in [0.717, 1.165) is 5.69 Å². The molecule has 4 heteroatoms. The zero-order chi connectivity index (χ0) is 13.7. The van der Waals surface area contributed by atoms with E-state index in [-0.39, 0.29) is 6.04 Å². The number of hydrogen-bond acceptors (Lipinski definition) is 3. The van der Waals surface area contributed by atoms with Gasteiger partial charge in [-0.05, 0) is 38.4 Å². The van der Waals surface area contributed by atoms with Gasteiger partial charge in [-0.2, -0.15) is 0 Å². The molecule has 2 unspecified atom stereocenters. The molecule has 1 N–H and O–H groups in total. The smallest absolute Gasteiger partial charge is 0.320 e. The Labute approximate surface area is 109 Å². The van der Waals surface area contributed by atoms with Crippen molar-refractivity contribution in [3.05, 3.63) is 30.1 Å². The maximum absolute atomic E-state index is 11.4. The van der Waals surface area contributed by atoms with E-state index in [4.69, 9.17) is 0 Å². The molecule has 0 aliphatic rings. The molecule has 0 aliphatic carbocycles. The number of aromatic nitrogens is 1. The zero-order valence-electron chi connectivity index (χ0n) is 11.5. The second kappa shape index (κ2) is 6.50. The Balaban J connectivity index is 2.83. The average Bonchev–Trinajstić information content (AvgIpc) is 2.34. The van der Waals surface area contributed by atoms with Gasteiger partial charge < -0.3 is 5.11 Å². The highest BCUT2D eigenvalue weighted by molar-refractivity contribution is 5.73. The van der Waals surface area contributed by atoms with Crippen molar-refractivity contribution in [1.82, 2.24) is 9.88 Å². The summed E-state index contributed by atoms with van der Waals surface area (Å²) in [6.07, 6.45) is 2.38. The van der Waals surface area contributed by atoms with E-state index in [2.05, 4.69) is 4.98 Å². The van der Waals surface area contributed by atoms with Gasteiger partial charge in [0.25, 0.3) is 0 Å². The van der Waals surface area contributed by atoms with Crippen LogP contribution >= 0.6 is 0 Å². The molecule has 0 aromatic carbocycles. The molecular formula is C14H22N2O2. The lowest BCUT2D eigenvalue weighted by atomic mass is 10.0. The zero-order valence-corrected chi connectivity index (χ0v) is 11.5. The number of carboxylic acid groups (broad SMARTS) is 1. The van der Waals surface area contributed by atoms with Crippen LogP contribution in [0.1, 0.15) is 38.9 Å². The summed E-state index contributed by atoms with van der Waals surface area (Å²) in [6.45, 7) is 6.06. The monoisotopic (exact) mass is 250 g/mol. The molecule has 0 bridgehead atoms. The lowest BCUT2D eigenvalue weighted by Gasteiger charge is -2.31. The van der Waals surface area contributed by atoms with Gasteiger partial charge in [-0.1, -0.05) is 19.9 Å². The second-order valence-electron chi connectivity index (χ2n) is 5.08. The average molecular weight is 250 g/mol. The van der Waals surface area contributed by atoms with E-state index < -0.39 is 12.0 Å².